The molecule has 6 nitrogen and oxygen atoms in total. The number of benzene rings is 2. The zero-order valence-corrected chi connectivity index (χ0v) is 19.6. The number of aryl methyl sites for hydroxylation is 1. The van der Waals surface area contributed by atoms with Crippen molar-refractivity contribution in [2.45, 2.75) is 58.3 Å². The Balaban J connectivity index is 1.51. The number of fused-ring (bicyclic) bond motifs is 1. The van der Waals surface area contributed by atoms with Gasteiger partial charge in [0.1, 0.15) is 6.61 Å². The van der Waals surface area contributed by atoms with Crippen molar-refractivity contribution >= 4 is 25.1 Å². The van der Waals surface area contributed by atoms with E-state index in [1.165, 1.54) is 0 Å². The van der Waals surface area contributed by atoms with E-state index in [0.29, 0.717) is 6.42 Å². The number of carbonyl (C=O) groups excluding carboxylic acids is 2. The minimum absolute atomic E-state index is 0.167. The summed E-state index contributed by atoms with van der Waals surface area (Å²) in [6.07, 6.45) is 2.75. The third kappa shape index (κ3) is 5.20. The molecule has 1 aliphatic heterocycles. The molecule has 0 radical (unpaired) electrons. The molecule has 1 aliphatic carbocycles. The van der Waals surface area contributed by atoms with E-state index in [9.17, 15) is 9.59 Å². The number of hydrogen-bond donors (Lipinski definition) is 1. The summed E-state index contributed by atoms with van der Waals surface area (Å²) < 4.78 is 17.8. The lowest BCUT2D eigenvalue weighted by Gasteiger charge is -2.32. The standard InChI is InChI=1S/C26H30BNO5/c1-25(2)26(3,4)33-27(32-25)21(14-19-10-11-20-12-13-23(29)22(20)15-19)16-28-24(30)31-17-18-8-6-5-7-9-18/h5-11,14-15H,12-13,16-17H2,1-4H3,(H,28,30). The van der Waals surface area contributed by atoms with Crippen molar-refractivity contribution in [1.29, 1.82) is 0 Å². The van der Waals surface area contributed by atoms with Crippen LogP contribution in [0.25, 0.3) is 6.08 Å². The van der Waals surface area contributed by atoms with Crippen molar-refractivity contribution in [2.75, 3.05) is 6.54 Å². The normalized spacial score (nSPS) is 18.8. The van der Waals surface area contributed by atoms with Gasteiger partial charge in [0, 0.05) is 18.5 Å². The van der Waals surface area contributed by atoms with Gasteiger partial charge in [0.2, 0.25) is 0 Å². The largest absolute Gasteiger partial charge is 0.492 e. The number of hydrogen-bond acceptors (Lipinski definition) is 5. The van der Waals surface area contributed by atoms with Crippen LogP contribution in [0, 0.1) is 0 Å². The van der Waals surface area contributed by atoms with Gasteiger partial charge in [-0.2, -0.15) is 0 Å². The van der Waals surface area contributed by atoms with E-state index in [4.69, 9.17) is 14.0 Å². The predicted octanol–water partition coefficient (Wildman–Crippen LogP) is 4.76. The van der Waals surface area contributed by atoms with Gasteiger partial charge in [-0.3, -0.25) is 4.79 Å². The molecule has 0 saturated carbocycles. The number of ketones is 1. The number of amides is 1. The van der Waals surface area contributed by atoms with Crippen LogP contribution < -0.4 is 5.32 Å². The summed E-state index contributed by atoms with van der Waals surface area (Å²) in [5.74, 6) is 0.167. The fraction of sp³-hybridized carbons (Fsp3) is 0.385. The molecule has 1 amide bonds. The van der Waals surface area contributed by atoms with Crippen LogP contribution in [0.5, 0.6) is 0 Å². The Bertz CT molecular complexity index is 1060. The summed E-state index contributed by atoms with van der Waals surface area (Å²) in [5, 5.41) is 2.81. The first-order valence-corrected chi connectivity index (χ1v) is 11.3. The van der Waals surface area contributed by atoms with Gasteiger partial charge in [0.05, 0.1) is 11.2 Å². The number of carbonyl (C=O) groups is 2. The zero-order chi connectivity index (χ0) is 23.6. The fourth-order valence-corrected chi connectivity index (χ4v) is 3.90. The SMILES string of the molecule is CC1(C)OB(C(=Cc2ccc3c(c2)C(=O)CC3)CNC(=O)OCc2ccccc2)OC1(C)C. The molecule has 2 aliphatic rings. The molecule has 2 aromatic carbocycles. The lowest BCUT2D eigenvalue weighted by Crippen LogP contribution is -2.41. The van der Waals surface area contributed by atoms with E-state index in [0.717, 1.165) is 34.1 Å². The maximum absolute atomic E-state index is 12.4. The molecule has 33 heavy (non-hydrogen) atoms. The van der Waals surface area contributed by atoms with Gasteiger partial charge in [0.25, 0.3) is 0 Å². The van der Waals surface area contributed by atoms with E-state index in [1.54, 1.807) is 0 Å². The Kier molecular flexibility index (Phi) is 6.46. The molecule has 1 N–H and O–H groups in total. The summed E-state index contributed by atoms with van der Waals surface area (Å²) >= 11 is 0. The van der Waals surface area contributed by atoms with Gasteiger partial charge in [-0.15, -0.1) is 0 Å². The summed E-state index contributed by atoms with van der Waals surface area (Å²) in [4.78, 5) is 24.5. The van der Waals surface area contributed by atoms with Gasteiger partial charge in [-0.1, -0.05) is 48.5 Å². The maximum atomic E-state index is 12.4. The molecule has 172 valence electrons. The second-order valence-corrected chi connectivity index (χ2v) is 9.56. The molecule has 4 rings (SSSR count). The minimum Gasteiger partial charge on any atom is -0.445 e. The van der Waals surface area contributed by atoms with Crippen LogP contribution in [-0.2, 0) is 27.1 Å². The van der Waals surface area contributed by atoms with Gasteiger partial charge in [0.15, 0.2) is 5.78 Å². The predicted molar refractivity (Wildman–Crippen MR) is 128 cm³/mol. The van der Waals surface area contributed by atoms with Crippen LogP contribution >= 0.6 is 0 Å². The number of nitrogens with one attached hydrogen (secondary N) is 1. The van der Waals surface area contributed by atoms with Crippen LogP contribution in [0.4, 0.5) is 4.79 Å². The zero-order valence-electron chi connectivity index (χ0n) is 19.6. The first kappa shape index (κ1) is 23.3. The average molecular weight is 447 g/mol. The molecule has 7 heteroatoms. The van der Waals surface area contributed by atoms with E-state index < -0.39 is 24.4 Å². The minimum atomic E-state index is -0.631. The van der Waals surface area contributed by atoms with E-state index in [2.05, 4.69) is 5.32 Å². The summed E-state index contributed by atoms with van der Waals surface area (Å²) in [7, 11) is -0.631. The smallest absolute Gasteiger partial charge is 0.445 e. The molecule has 0 bridgehead atoms. The Morgan fingerprint density at radius 1 is 1.06 bits per heavy atom. The van der Waals surface area contributed by atoms with Crippen molar-refractivity contribution in [1.82, 2.24) is 5.32 Å². The molecular weight excluding hydrogens is 417 g/mol. The quantitative estimate of drug-likeness (QED) is 0.647. The number of alkyl carbamates (subject to hydrolysis) is 1. The van der Waals surface area contributed by atoms with E-state index in [-0.39, 0.29) is 18.9 Å². The molecule has 0 atom stereocenters. The van der Waals surface area contributed by atoms with Crippen LogP contribution in [0.3, 0.4) is 0 Å². The van der Waals surface area contributed by atoms with Gasteiger partial charge in [-0.25, -0.2) is 4.79 Å². The Hall–Kier alpha value is -2.90. The van der Waals surface area contributed by atoms with Crippen molar-refractivity contribution in [3.05, 3.63) is 76.3 Å². The second kappa shape index (κ2) is 9.16. The fourth-order valence-electron chi connectivity index (χ4n) is 3.90. The third-order valence-electron chi connectivity index (χ3n) is 6.61. The van der Waals surface area contributed by atoms with Crippen molar-refractivity contribution < 1.29 is 23.6 Å². The highest BCUT2D eigenvalue weighted by atomic mass is 16.7. The lowest BCUT2D eigenvalue weighted by molar-refractivity contribution is 0.00578. The molecular formula is C26H30BNO5. The molecule has 0 aromatic heterocycles. The summed E-state index contributed by atoms with van der Waals surface area (Å²) in [6, 6.07) is 15.4. The first-order chi connectivity index (χ1) is 15.6. The number of ether oxygens (including phenoxy) is 1. The molecule has 2 aromatic rings. The lowest BCUT2D eigenvalue weighted by atomic mass is 9.77. The van der Waals surface area contributed by atoms with E-state index in [1.807, 2.05) is 82.3 Å². The average Bonchev–Trinajstić information content (AvgIpc) is 3.25. The van der Waals surface area contributed by atoms with Crippen molar-refractivity contribution in [3.8, 4) is 0 Å². The Labute approximate surface area is 195 Å². The molecule has 0 unspecified atom stereocenters. The molecule has 1 heterocycles. The van der Waals surface area contributed by atoms with Crippen molar-refractivity contribution in [3.63, 3.8) is 0 Å². The molecule has 1 fully saturated rings. The summed E-state index contributed by atoms with van der Waals surface area (Å²) in [5.41, 5.74) is 3.35. The highest BCUT2D eigenvalue weighted by Crippen LogP contribution is 2.39. The second-order valence-electron chi connectivity index (χ2n) is 9.56. The Morgan fingerprint density at radius 2 is 1.76 bits per heavy atom. The number of rotatable bonds is 6. The monoisotopic (exact) mass is 447 g/mol. The highest BCUT2D eigenvalue weighted by Gasteiger charge is 2.52. The molecule has 0 spiro atoms. The van der Waals surface area contributed by atoms with E-state index >= 15 is 0 Å². The third-order valence-corrected chi connectivity index (χ3v) is 6.61. The van der Waals surface area contributed by atoms with Crippen molar-refractivity contribution in [2.24, 2.45) is 0 Å². The maximum Gasteiger partial charge on any atom is 0.492 e. The van der Waals surface area contributed by atoms with Crippen LogP contribution in [0.2, 0.25) is 0 Å². The Morgan fingerprint density at radius 3 is 2.45 bits per heavy atom. The van der Waals surface area contributed by atoms with Gasteiger partial charge in [-0.05, 0) is 62.3 Å². The topological polar surface area (TPSA) is 73.9 Å². The van der Waals surface area contributed by atoms with Crippen LogP contribution in [0.15, 0.2) is 54.0 Å². The first-order valence-electron chi connectivity index (χ1n) is 11.3. The van der Waals surface area contributed by atoms with Crippen LogP contribution in [0.1, 0.15) is 61.2 Å². The number of Topliss-reactive ketones (excluding diaryl/α,β-unsaturated/α-hetero) is 1. The van der Waals surface area contributed by atoms with Crippen LogP contribution in [-0.4, -0.2) is 36.7 Å². The highest BCUT2D eigenvalue weighted by molar-refractivity contribution is 6.56. The molecule has 1 saturated heterocycles. The van der Waals surface area contributed by atoms with Gasteiger partial charge < -0.3 is 19.4 Å². The summed E-state index contributed by atoms with van der Waals surface area (Å²) in [6.45, 7) is 8.32. The van der Waals surface area contributed by atoms with Gasteiger partial charge >= 0.3 is 13.2 Å².